The average Bonchev–Trinajstić information content (AvgIpc) is 3.09. The Morgan fingerprint density at radius 3 is 2.22 bits per heavy atom. The molecular formula is C26H23NO5. The molecule has 6 heteroatoms. The summed E-state index contributed by atoms with van der Waals surface area (Å²) in [6.45, 7) is 1.93. The Kier molecular flexibility index (Phi) is 5.69. The Morgan fingerprint density at radius 2 is 1.59 bits per heavy atom. The molecule has 0 saturated carbocycles. The summed E-state index contributed by atoms with van der Waals surface area (Å²) >= 11 is 0. The molecule has 0 bridgehead atoms. The number of Topliss-reactive ketones (excluding diaryl/α,β-unsaturated/α-hetero) is 1. The normalized spacial score (nSPS) is 17.5. The van der Waals surface area contributed by atoms with E-state index in [1.165, 1.54) is 12.0 Å². The van der Waals surface area contributed by atoms with Crippen molar-refractivity contribution in [2.24, 2.45) is 0 Å². The number of aliphatic hydroxyl groups excluding tert-OH is 1. The van der Waals surface area contributed by atoms with E-state index in [-0.39, 0.29) is 11.3 Å². The third-order valence-electron chi connectivity index (χ3n) is 5.54. The van der Waals surface area contributed by atoms with Crippen LogP contribution in [-0.2, 0) is 9.59 Å². The number of anilines is 1. The first kappa shape index (κ1) is 21.2. The molecule has 0 radical (unpaired) electrons. The molecule has 1 saturated heterocycles. The number of nitrogens with zero attached hydrogens (tertiary/aromatic N) is 1. The van der Waals surface area contributed by atoms with Crippen LogP contribution in [0.15, 0.2) is 78.4 Å². The predicted octanol–water partition coefficient (Wildman–Crippen LogP) is 4.64. The minimum atomic E-state index is -0.875. The monoisotopic (exact) mass is 429 g/mol. The van der Waals surface area contributed by atoms with Gasteiger partial charge in [0.25, 0.3) is 11.7 Å². The second-order valence-electron chi connectivity index (χ2n) is 7.48. The number of rotatable bonds is 5. The van der Waals surface area contributed by atoms with Crippen LogP contribution < -0.4 is 14.4 Å². The molecule has 1 heterocycles. The number of aryl methyl sites for hydroxylation is 1. The molecule has 1 atom stereocenters. The van der Waals surface area contributed by atoms with Gasteiger partial charge in [0.15, 0.2) is 0 Å². The zero-order valence-electron chi connectivity index (χ0n) is 18.0. The molecule has 0 aliphatic carbocycles. The van der Waals surface area contributed by atoms with Crippen molar-refractivity contribution in [3.63, 3.8) is 0 Å². The third kappa shape index (κ3) is 3.60. The second-order valence-corrected chi connectivity index (χ2v) is 7.48. The van der Waals surface area contributed by atoms with Crippen molar-refractivity contribution in [1.29, 1.82) is 0 Å². The van der Waals surface area contributed by atoms with Gasteiger partial charge in [-0.05, 0) is 31.2 Å². The molecule has 1 aliphatic rings. The molecule has 3 aromatic carbocycles. The summed E-state index contributed by atoms with van der Waals surface area (Å²) in [5, 5.41) is 11.2. The number of aliphatic hydroxyl groups is 1. The van der Waals surface area contributed by atoms with E-state index in [0.29, 0.717) is 28.3 Å². The van der Waals surface area contributed by atoms with Crippen LogP contribution >= 0.6 is 0 Å². The molecule has 1 N–H and O–H groups in total. The van der Waals surface area contributed by atoms with Gasteiger partial charge < -0.3 is 14.6 Å². The van der Waals surface area contributed by atoms with E-state index in [9.17, 15) is 14.7 Å². The number of carbonyl (C=O) groups excluding carboxylic acids is 2. The zero-order chi connectivity index (χ0) is 22.8. The SMILES string of the molecule is COc1ccc([C@H]2C(=C(O)c3ccc(C)cc3)C(=O)C(=O)N2c2ccccc2)c(OC)c1. The van der Waals surface area contributed by atoms with Gasteiger partial charge >= 0.3 is 0 Å². The molecule has 3 aromatic rings. The van der Waals surface area contributed by atoms with E-state index >= 15 is 0 Å². The van der Waals surface area contributed by atoms with Crippen LogP contribution in [0, 0.1) is 6.92 Å². The summed E-state index contributed by atoms with van der Waals surface area (Å²) in [5.74, 6) is -0.694. The van der Waals surface area contributed by atoms with Crippen LogP contribution in [0.4, 0.5) is 5.69 Å². The molecule has 0 aromatic heterocycles. The number of ether oxygens (including phenoxy) is 2. The van der Waals surface area contributed by atoms with Crippen molar-refractivity contribution < 1.29 is 24.2 Å². The van der Waals surface area contributed by atoms with E-state index in [4.69, 9.17) is 9.47 Å². The number of amides is 1. The topological polar surface area (TPSA) is 76.1 Å². The van der Waals surface area contributed by atoms with E-state index in [0.717, 1.165) is 5.56 Å². The Labute approximate surface area is 186 Å². The summed E-state index contributed by atoms with van der Waals surface area (Å²) in [6.07, 6.45) is 0. The molecule has 0 unspecified atom stereocenters. The highest BCUT2D eigenvalue weighted by Crippen LogP contribution is 2.45. The molecule has 4 rings (SSSR count). The van der Waals surface area contributed by atoms with Gasteiger partial charge in [0, 0.05) is 22.9 Å². The molecular weight excluding hydrogens is 406 g/mol. The van der Waals surface area contributed by atoms with Gasteiger partial charge in [0.05, 0.1) is 25.8 Å². The second kappa shape index (κ2) is 8.59. The number of hydrogen-bond acceptors (Lipinski definition) is 5. The number of benzene rings is 3. The molecule has 32 heavy (non-hydrogen) atoms. The summed E-state index contributed by atoms with van der Waals surface area (Å²) in [7, 11) is 3.05. The Balaban J connectivity index is 1.98. The fourth-order valence-corrected chi connectivity index (χ4v) is 3.89. The zero-order valence-corrected chi connectivity index (χ0v) is 18.0. The van der Waals surface area contributed by atoms with Crippen LogP contribution in [0.3, 0.4) is 0 Å². The maximum absolute atomic E-state index is 13.2. The van der Waals surface area contributed by atoms with Gasteiger partial charge in [-0.1, -0.05) is 48.0 Å². The summed E-state index contributed by atoms with van der Waals surface area (Å²) < 4.78 is 10.9. The van der Waals surface area contributed by atoms with Crippen molar-refractivity contribution >= 4 is 23.1 Å². The number of carbonyl (C=O) groups is 2. The maximum Gasteiger partial charge on any atom is 0.300 e. The summed E-state index contributed by atoms with van der Waals surface area (Å²) in [6, 6.07) is 20.3. The van der Waals surface area contributed by atoms with Crippen LogP contribution in [-0.4, -0.2) is 31.0 Å². The Bertz CT molecular complexity index is 1200. The quantitative estimate of drug-likeness (QED) is 0.363. The van der Waals surface area contributed by atoms with E-state index in [1.807, 2.05) is 25.1 Å². The van der Waals surface area contributed by atoms with Gasteiger partial charge in [0.1, 0.15) is 17.3 Å². The fraction of sp³-hybridized carbons (Fsp3) is 0.154. The molecule has 1 amide bonds. The largest absolute Gasteiger partial charge is 0.507 e. The van der Waals surface area contributed by atoms with E-state index in [2.05, 4.69) is 0 Å². The minimum absolute atomic E-state index is 0.00572. The first-order valence-corrected chi connectivity index (χ1v) is 10.1. The first-order chi connectivity index (χ1) is 15.5. The molecule has 1 aliphatic heterocycles. The van der Waals surface area contributed by atoms with Crippen molar-refractivity contribution in [3.05, 3.63) is 95.1 Å². The number of methoxy groups -OCH3 is 2. The Hall–Kier alpha value is -4.06. The first-order valence-electron chi connectivity index (χ1n) is 10.1. The Morgan fingerprint density at radius 1 is 0.906 bits per heavy atom. The standard InChI is InChI=1S/C26H23NO5/c1-16-9-11-17(12-10-16)24(28)22-23(20-14-13-19(31-2)15-21(20)32-3)27(26(30)25(22)29)18-7-5-4-6-8-18/h4-15,23,28H,1-3H3/t23-/m0/s1. The molecule has 6 nitrogen and oxygen atoms in total. The number of para-hydroxylation sites is 1. The fourth-order valence-electron chi connectivity index (χ4n) is 3.89. The highest BCUT2D eigenvalue weighted by molar-refractivity contribution is 6.51. The third-order valence-corrected chi connectivity index (χ3v) is 5.54. The minimum Gasteiger partial charge on any atom is -0.507 e. The summed E-state index contributed by atoms with van der Waals surface area (Å²) in [4.78, 5) is 27.8. The lowest BCUT2D eigenvalue weighted by atomic mass is 9.94. The van der Waals surface area contributed by atoms with Crippen LogP contribution in [0.2, 0.25) is 0 Å². The van der Waals surface area contributed by atoms with Gasteiger partial charge in [-0.3, -0.25) is 14.5 Å². The lowest BCUT2D eigenvalue weighted by Crippen LogP contribution is -2.29. The van der Waals surface area contributed by atoms with Crippen molar-refractivity contribution in [3.8, 4) is 11.5 Å². The van der Waals surface area contributed by atoms with Crippen LogP contribution in [0.25, 0.3) is 5.76 Å². The smallest absolute Gasteiger partial charge is 0.300 e. The van der Waals surface area contributed by atoms with Gasteiger partial charge in [-0.2, -0.15) is 0 Å². The van der Waals surface area contributed by atoms with E-state index in [1.54, 1.807) is 61.7 Å². The van der Waals surface area contributed by atoms with Gasteiger partial charge in [0.2, 0.25) is 0 Å². The van der Waals surface area contributed by atoms with Crippen molar-refractivity contribution in [1.82, 2.24) is 0 Å². The van der Waals surface area contributed by atoms with Crippen LogP contribution in [0.5, 0.6) is 11.5 Å². The highest BCUT2D eigenvalue weighted by Gasteiger charge is 2.47. The molecule has 162 valence electrons. The highest BCUT2D eigenvalue weighted by atomic mass is 16.5. The lowest BCUT2D eigenvalue weighted by Gasteiger charge is -2.26. The maximum atomic E-state index is 13.2. The molecule has 0 spiro atoms. The van der Waals surface area contributed by atoms with Crippen molar-refractivity contribution in [2.75, 3.05) is 19.1 Å². The lowest BCUT2D eigenvalue weighted by molar-refractivity contribution is -0.132. The van der Waals surface area contributed by atoms with E-state index < -0.39 is 17.7 Å². The predicted molar refractivity (Wildman–Crippen MR) is 122 cm³/mol. The van der Waals surface area contributed by atoms with Gasteiger partial charge in [-0.15, -0.1) is 0 Å². The molecule has 1 fully saturated rings. The van der Waals surface area contributed by atoms with Crippen LogP contribution in [0.1, 0.15) is 22.7 Å². The number of hydrogen-bond donors (Lipinski definition) is 1. The number of ketones is 1. The van der Waals surface area contributed by atoms with Crippen molar-refractivity contribution in [2.45, 2.75) is 13.0 Å². The average molecular weight is 429 g/mol. The summed E-state index contributed by atoms with van der Waals surface area (Å²) in [5.41, 5.74) is 2.58. The van der Waals surface area contributed by atoms with Gasteiger partial charge in [-0.25, -0.2) is 0 Å².